The van der Waals surface area contributed by atoms with Crippen molar-refractivity contribution in [1.29, 1.82) is 5.26 Å². The lowest BCUT2D eigenvalue weighted by molar-refractivity contribution is 0.788. The zero-order valence-electron chi connectivity index (χ0n) is 5.56. The highest BCUT2D eigenvalue weighted by Crippen LogP contribution is 2.40. The van der Waals surface area contributed by atoms with Gasteiger partial charge in [0.1, 0.15) is 0 Å². The van der Waals surface area contributed by atoms with Gasteiger partial charge in [-0.25, -0.2) is 0 Å². The van der Waals surface area contributed by atoms with E-state index in [1.807, 2.05) is 0 Å². The van der Waals surface area contributed by atoms with Crippen molar-refractivity contribution in [1.82, 2.24) is 0 Å². The number of nitrogens with zero attached hydrogens (tertiary/aromatic N) is 2. The van der Waals surface area contributed by atoms with E-state index >= 15 is 0 Å². The Morgan fingerprint density at radius 2 is 2.17 bits per heavy atom. The number of halogens is 4. The first kappa shape index (κ1) is 10.1. The molecule has 0 aromatic carbocycles. The minimum Gasteiger partial charge on any atom is -0.269 e. The highest BCUT2D eigenvalue weighted by atomic mass is 35.5. The van der Waals surface area contributed by atoms with Gasteiger partial charge in [0.15, 0.2) is 5.50 Å². The van der Waals surface area contributed by atoms with Gasteiger partial charge in [-0.15, -0.1) is 0 Å². The summed E-state index contributed by atoms with van der Waals surface area (Å²) in [6.07, 6.45) is 1.28. The second-order valence-corrected chi connectivity index (χ2v) is 3.89. The topological polar surface area (TPSA) is 36.1 Å². The molecule has 1 rings (SSSR count). The molecular formula is C6H2Cl4N2. The van der Waals surface area contributed by atoms with Crippen LogP contribution >= 0.6 is 46.4 Å². The monoisotopic (exact) mass is 242 g/mol. The second kappa shape index (κ2) is 3.43. The number of nitriles is 1. The quantitative estimate of drug-likeness (QED) is 0.476. The van der Waals surface area contributed by atoms with E-state index in [0.717, 1.165) is 0 Å². The zero-order valence-corrected chi connectivity index (χ0v) is 8.58. The summed E-state index contributed by atoms with van der Waals surface area (Å²) < 4.78 is 0. The van der Waals surface area contributed by atoms with Crippen LogP contribution in [0.5, 0.6) is 0 Å². The Morgan fingerprint density at radius 3 is 2.58 bits per heavy atom. The summed E-state index contributed by atoms with van der Waals surface area (Å²) in [7, 11) is 0. The van der Waals surface area contributed by atoms with E-state index in [2.05, 4.69) is 4.99 Å². The number of dihydropyridines is 1. The minimum absolute atomic E-state index is 0.0170. The number of rotatable bonds is 0. The van der Waals surface area contributed by atoms with Crippen LogP contribution in [0.3, 0.4) is 0 Å². The third-order valence-corrected chi connectivity index (χ3v) is 3.35. The van der Waals surface area contributed by atoms with Crippen molar-refractivity contribution in [3.05, 3.63) is 10.1 Å². The lowest BCUT2D eigenvalue weighted by Crippen LogP contribution is -2.33. The van der Waals surface area contributed by atoms with Crippen LogP contribution in [-0.4, -0.2) is 16.6 Å². The first-order valence-corrected chi connectivity index (χ1v) is 4.42. The van der Waals surface area contributed by atoms with Gasteiger partial charge in [0, 0.05) is 6.21 Å². The summed E-state index contributed by atoms with van der Waals surface area (Å²) in [5.41, 5.74) is -0.904. The van der Waals surface area contributed by atoms with E-state index in [1.165, 1.54) is 6.21 Å². The molecule has 1 aliphatic rings. The molecule has 0 fully saturated rings. The van der Waals surface area contributed by atoms with Crippen molar-refractivity contribution in [3.63, 3.8) is 0 Å². The lowest BCUT2D eigenvalue weighted by Gasteiger charge is -2.24. The zero-order chi connectivity index (χ0) is 9.35. The van der Waals surface area contributed by atoms with Crippen LogP contribution in [0.15, 0.2) is 15.1 Å². The molecule has 0 saturated carbocycles. The lowest BCUT2D eigenvalue weighted by atomic mass is 10.1. The van der Waals surface area contributed by atoms with Crippen LogP contribution in [0.2, 0.25) is 0 Å². The van der Waals surface area contributed by atoms with Crippen LogP contribution in [0.4, 0.5) is 0 Å². The molecule has 64 valence electrons. The van der Waals surface area contributed by atoms with Gasteiger partial charge >= 0.3 is 0 Å². The molecule has 1 heterocycles. The van der Waals surface area contributed by atoms with Crippen molar-refractivity contribution in [2.24, 2.45) is 4.99 Å². The minimum atomic E-state index is -1.53. The van der Waals surface area contributed by atoms with Gasteiger partial charge in [-0.05, 0) is 0 Å². The summed E-state index contributed by atoms with van der Waals surface area (Å²) in [4.78, 5) is 2.16. The predicted molar refractivity (Wildman–Crippen MR) is 51.1 cm³/mol. The number of hydrogen-bond acceptors (Lipinski definition) is 2. The van der Waals surface area contributed by atoms with Gasteiger partial charge in [0.25, 0.3) is 0 Å². The van der Waals surface area contributed by atoms with Gasteiger partial charge in [0.2, 0.25) is 4.87 Å². The average Bonchev–Trinajstić information content (AvgIpc) is 2.08. The van der Waals surface area contributed by atoms with Gasteiger partial charge in [-0.3, -0.25) is 4.99 Å². The van der Waals surface area contributed by atoms with Crippen molar-refractivity contribution in [2.45, 2.75) is 10.4 Å². The smallest absolute Gasteiger partial charge is 0.203 e. The highest BCUT2D eigenvalue weighted by molar-refractivity contribution is 6.52. The van der Waals surface area contributed by atoms with Crippen molar-refractivity contribution in [3.8, 4) is 6.07 Å². The van der Waals surface area contributed by atoms with Crippen molar-refractivity contribution >= 4 is 52.6 Å². The van der Waals surface area contributed by atoms with Gasteiger partial charge in [-0.2, -0.15) is 5.26 Å². The summed E-state index contributed by atoms with van der Waals surface area (Å²) in [6, 6.07) is 1.76. The molecular weight excluding hydrogens is 242 g/mol. The van der Waals surface area contributed by atoms with E-state index in [0.29, 0.717) is 0 Å². The first-order chi connectivity index (χ1) is 5.52. The Hall–Kier alpha value is 0.0600. The summed E-state index contributed by atoms with van der Waals surface area (Å²) in [5, 5.41) is 8.85. The average molecular weight is 244 g/mol. The normalized spacial score (nSPS) is 35.1. The summed E-state index contributed by atoms with van der Waals surface area (Å²) in [6.45, 7) is 0. The van der Waals surface area contributed by atoms with Crippen LogP contribution in [0.1, 0.15) is 0 Å². The van der Waals surface area contributed by atoms with Crippen LogP contribution in [-0.2, 0) is 0 Å². The molecule has 0 amide bonds. The third kappa shape index (κ3) is 1.43. The van der Waals surface area contributed by atoms with E-state index in [9.17, 15) is 0 Å². The van der Waals surface area contributed by atoms with Crippen LogP contribution < -0.4 is 0 Å². The molecule has 2 nitrogen and oxygen atoms in total. The second-order valence-electron chi connectivity index (χ2n) is 2.10. The Kier molecular flexibility index (Phi) is 2.90. The SMILES string of the molecule is N#CC1(Cl)C(Cl)=C(Cl)C=NC1Cl. The molecule has 6 heteroatoms. The largest absolute Gasteiger partial charge is 0.269 e. The van der Waals surface area contributed by atoms with Gasteiger partial charge in [-0.1, -0.05) is 46.4 Å². The molecule has 0 aromatic rings. The maximum Gasteiger partial charge on any atom is 0.203 e. The fourth-order valence-electron chi connectivity index (χ4n) is 0.671. The Labute approximate surface area is 89.4 Å². The third-order valence-electron chi connectivity index (χ3n) is 1.34. The number of aliphatic imine (C=N–C) groups is 1. The van der Waals surface area contributed by atoms with Crippen LogP contribution in [0.25, 0.3) is 0 Å². The predicted octanol–water partition coefficient (Wildman–Crippen LogP) is 2.83. The maximum atomic E-state index is 8.69. The van der Waals surface area contributed by atoms with E-state index in [1.54, 1.807) is 6.07 Å². The van der Waals surface area contributed by atoms with E-state index in [4.69, 9.17) is 51.7 Å². The molecule has 1 aliphatic heterocycles. The molecule has 0 aromatic heterocycles. The first-order valence-electron chi connectivity index (χ1n) is 2.85. The van der Waals surface area contributed by atoms with Crippen LogP contribution in [0, 0.1) is 11.3 Å². The number of hydrogen-bond donors (Lipinski definition) is 0. The van der Waals surface area contributed by atoms with E-state index in [-0.39, 0.29) is 10.1 Å². The molecule has 0 saturated heterocycles. The Balaban J connectivity index is 3.20. The highest BCUT2D eigenvalue weighted by Gasteiger charge is 2.43. The molecule has 0 N–H and O–H groups in total. The maximum absolute atomic E-state index is 8.69. The van der Waals surface area contributed by atoms with Crippen molar-refractivity contribution < 1.29 is 0 Å². The van der Waals surface area contributed by atoms with Crippen molar-refractivity contribution in [2.75, 3.05) is 0 Å². The Bertz CT molecular complexity index is 303. The fraction of sp³-hybridized carbons (Fsp3) is 0.333. The molecule has 0 radical (unpaired) electrons. The number of alkyl halides is 2. The molecule has 0 bridgehead atoms. The summed E-state index contributed by atoms with van der Waals surface area (Å²) >= 11 is 22.7. The van der Waals surface area contributed by atoms with Gasteiger partial charge in [0.05, 0.1) is 16.1 Å². The van der Waals surface area contributed by atoms with E-state index < -0.39 is 10.4 Å². The molecule has 0 aliphatic carbocycles. The summed E-state index contributed by atoms with van der Waals surface area (Å²) in [5.74, 6) is 0. The fourth-order valence-corrected chi connectivity index (χ4v) is 1.55. The Morgan fingerprint density at radius 1 is 1.58 bits per heavy atom. The standard InChI is InChI=1S/C6H2Cl4N2/c7-3-1-12-5(9)6(10,2-11)4(3)8/h1,5H. The van der Waals surface area contributed by atoms with Gasteiger partial charge < -0.3 is 0 Å². The molecule has 2 atom stereocenters. The number of allylic oxidation sites excluding steroid dienone is 1. The molecule has 12 heavy (non-hydrogen) atoms. The molecule has 2 unspecified atom stereocenters. The molecule has 0 spiro atoms.